The zero-order chi connectivity index (χ0) is 13.8. The summed E-state index contributed by atoms with van der Waals surface area (Å²) < 4.78 is 13.7. The summed E-state index contributed by atoms with van der Waals surface area (Å²) in [5.74, 6) is -0.455. The number of benzene rings is 1. The normalized spacial score (nSPS) is 12.8. The average Bonchev–Trinajstić information content (AvgIpc) is 2.28. The van der Waals surface area contributed by atoms with Crippen LogP contribution in [0.1, 0.15) is 31.9 Å². The molecule has 5 heteroatoms. The molecule has 0 aliphatic carbocycles. The van der Waals surface area contributed by atoms with Crippen molar-refractivity contribution in [3.63, 3.8) is 0 Å². The third-order valence-corrected chi connectivity index (χ3v) is 2.43. The van der Waals surface area contributed by atoms with Gasteiger partial charge in [0.25, 0.3) is 0 Å². The fraction of sp³-hybridized carbons (Fsp3) is 0.462. The van der Waals surface area contributed by atoms with E-state index in [1.807, 2.05) is 0 Å². The Hall–Kier alpha value is -1.62. The Morgan fingerprint density at radius 2 is 2.11 bits per heavy atom. The van der Waals surface area contributed by atoms with Crippen molar-refractivity contribution >= 4 is 5.84 Å². The lowest BCUT2D eigenvalue weighted by molar-refractivity contribution is 0.318. The van der Waals surface area contributed by atoms with Crippen molar-refractivity contribution in [1.82, 2.24) is 5.32 Å². The zero-order valence-corrected chi connectivity index (χ0v) is 11.0. The second kappa shape index (κ2) is 5.82. The lowest BCUT2D eigenvalue weighted by Gasteiger charge is -2.19. The summed E-state index contributed by atoms with van der Waals surface area (Å²) in [5.41, 5.74) is 6.48. The van der Waals surface area contributed by atoms with Crippen LogP contribution in [-0.2, 0) is 6.54 Å². The number of nitrogens with one attached hydrogen (secondary N) is 1. The first-order valence-electron chi connectivity index (χ1n) is 5.80. The van der Waals surface area contributed by atoms with Gasteiger partial charge in [-0.25, -0.2) is 4.39 Å². The number of oxime groups is 1. The highest BCUT2D eigenvalue weighted by Gasteiger charge is 2.10. The molecule has 0 spiro atoms. The van der Waals surface area contributed by atoms with Crippen molar-refractivity contribution in [1.29, 1.82) is 0 Å². The molecule has 0 radical (unpaired) electrons. The summed E-state index contributed by atoms with van der Waals surface area (Å²) in [6.07, 6.45) is 0. The highest BCUT2D eigenvalue weighted by atomic mass is 19.1. The van der Waals surface area contributed by atoms with Gasteiger partial charge in [0.15, 0.2) is 5.84 Å². The van der Waals surface area contributed by atoms with E-state index in [0.717, 1.165) is 6.54 Å². The quantitative estimate of drug-likeness (QED) is 0.333. The Kier molecular flexibility index (Phi) is 4.67. The number of hydrogen-bond acceptors (Lipinski definition) is 3. The largest absolute Gasteiger partial charge is 0.409 e. The average molecular weight is 253 g/mol. The number of hydrogen-bond donors (Lipinski definition) is 3. The van der Waals surface area contributed by atoms with Crippen LogP contribution in [0.4, 0.5) is 4.39 Å². The van der Waals surface area contributed by atoms with Crippen molar-refractivity contribution in [3.05, 3.63) is 35.1 Å². The lowest BCUT2D eigenvalue weighted by Crippen LogP contribution is -2.26. The SMILES string of the molecule is CC(C)(C)CNCc1ccc(C(N)=NO)cc1F. The van der Waals surface area contributed by atoms with E-state index in [-0.39, 0.29) is 17.1 Å². The fourth-order valence-corrected chi connectivity index (χ4v) is 1.48. The molecule has 0 fully saturated rings. The van der Waals surface area contributed by atoms with Crippen LogP contribution < -0.4 is 11.1 Å². The maximum Gasteiger partial charge on any atom is 0.170 e. The molecule has 0 unspecified atom stereocenters. The molecule has 0 aliphatic heterocycles. The van der Waals surface area contributed by atoms with E-state index in [1.54, 1.807) is 12.1 Å². The van der Waals surface area contributed by atoms with Crippen LogP contribution in [0.3, 0.4) is 0 Å². The molecule has 1 rings (SSSR count). The predicted molar refractivity (Wildman–Crippen MR) is 70.1 cm³/mol. The zero-order valence-electron chi connectivity index (χ0n) is 11.0. The van der Waals surface area contributed by atoms with Crippen LogP contribution in [0.15, 0.2) is 23.4 Å². The molecule has 0 saturated carbocycles. The minimum Gasteiger partial charge on any atom is -0.409 e. The van der Waals surface area contributed by atoms with Crippen molar-refractivity contribution in [2.75, 3.05) is 6.54 Å². The van der Waals surface area contributed by atoms with E-state index in [2.05, 4.69) is 31.2 Å². The Morgan fingerprint density at radius 3 is 2.61 bits per heavy atom. The first-order chi connectivity index (χ1) is 8.33. The van der Waals surface area contributed by atoms with Crippen molar-refractivity contribution in [3.8, 4) is 0 Å². The summed E-state index contributed by atoms with van der Waals surface area (Å²) in [6.45, 7) is 7.58. The third kappa shape index (κ3) is 4.33. The molecule has 18 heavy (non-hydrogen) atoms. The third-order valence-electron chi connectivity index (χ3n) is 2.43. The molecule has 0 heterocycles. The number of amidine groups is 1. The van der Waals surface area contributed by atoms with E-state index in [9.17, 15) is 4.39 Å². The van der Waals surface area contributed by atoms with Crippen LogP contribution in [0.2, 0.25) is 0 Å². The molecule has 4 N–H and O–H groups in total. The smallest absolute Gasteiger partial charge is 0.170 e. The van der Waals surface area contributed by atoms with E-state index in [4.69, 9.17) is 10.9 Å². The van der Waals surface area contributed by atoms with Crippen LogP contribution in [-0.4, -0.2) is 17.6 Å². The van der Waals surface area contributed by atoms with Gasteiger partial charge in [-0.05, 0) is 11.5 Å². The Labute approximate surface area is 107 Å². The molecule has 0 atom stereocenters. The van der Waals surface area contributed by atoms with Gasteiger partial charge in [0.1, 0.15) is 5.82 Å². The van der Waals surface area contributed by atoms with E-state index in [1.165, 1.54) is 6.07 Å². The van der Waals surface area contributed by atoms with E-state index in [0.29, 0.717) is 17.7 Å². The second-order valence-electron chi connectivity index (χ2n) is 5.46. The number of halogens is 1. The molecule has 0 saturated heterocycles. The second-order valence-corrected chi connectivity index (χ2v) is 5.46. The standard InChI is InChI=1S/C13H20FN3O/c1-13(2,3)8-16-7-10-5-4-9(6-11(10)14)12(15)17-18/h4-6,16,18H,7-8H2,1-3H3,(H2,15,17). The summed E-state index contributed by atoms with van der Waals surface area (Å²) in [5, 5.41) is 14.5. The van der Waals surface area contributed by atoms with Gasteiger partial charge in [-0.3, -0.25) is 0 Å². The van der Waals surface area contributed by atoms with Crippen molar-refractivity contribution in [2.24, 2.45) is 16.3 Å². The van der Waals surface area contributed by atoms with Gasteiger partial charge in [0, 0.05) is 24.2 Å². The van der Waals surface area contributed by atoms with Crippen LogP contribution in [0.25, 0.3) is 0 Å². The highest BCUT2D eigenvalue weighted by molar-refractivity contribution is 5.97. The molecule has 100 valence electrons. The molecule has 0 amide bonds. The van der Waals surface area contributed by atoms with Crippen molar-refractivity contribution < 1.29 is 9.60 Å². The number of rotatable bonds is 4. The first kappa shape index (κ1) is 14.4. The van der Waals surface area contributed by atoms with Gasteiger partial charge in [-0.1, -0.05) is 38.1 Å². The van der Waals surface area contributed by atoms with E-state index >= 15 is 0 Å². The predicted octanol–water partition coefficient (Wildman–Crippen LogP) is 2.06. The molecule has 0 aliphatic rings. The molecule has 0 bridgehead atoms. The topological polar surface area (TPSA) is 70.6 Å². The highest BCUT2D eigenvalue weighted by Crippen LogP contribution is 2.13. The molecular weight excluding hydrogens is 233 g/mol. The number of nitrogens with zero attached hydrogens (tertiary/aromatic N) is 1. The van der Waals surface area contributed by atoms with Gasteiger partial charge in [0.05, 0.1) is 0 Å². The Bertz CT molecular complexity index is 438. The van der Waals surface area contributed by atoms with Gasteiger partial charge in [-0.2, -0.15) is 0 Å². The molecule has 1 aromatic carbocycles. The molecule has 1 aromatic rings. The minimum absolute atomic E-state index is 0.0944. The minimum atomic E-state index is -0.361. The van der Waals surface area contributed by atoms with Gasteiger partial charge in [0.2, 0.25) is 0 Å². The molecular formula is C13H20FN3O. The molecule has 0 aromatic heterocycles. The van der Waals surface area contributed by atoms with Crippen LogP contribution in [0.5, 0.6) is 0 Å². The summed E-state index contributed by atoms with van der Waals surface area (Å²) in [4.78, 5) is 0. The molecule has 4 nitrogen and oxygen atoms in total. The first-order valence-corrected chi connectivity index (χ1v) is 5.80. The lowest BCUT2D eigenvalue weighted by atomic mass is 9.97. The summed E-state index contributed by atoms with van der Waals surface area (Å²) in [6, 6.07) is 4.54. The number of nitrogens with two attached hydrogens (primary N) is 1. The van der Waals surface area contributed by atoms with Crippen molar-refractivity contribution in [2.45, 2.75) is 27.3 Å². The van der Waals surface area contributed by atoms with Gasteiger partial charge < -0.3 is 16.3 Å². The Morgan fingerprint density at radius 1 is 1.44 bits per heavy atom. The van der Waals surface area contributed by atoms with Crippen LogP contribution >= 0.6 is 0 Å². The monoisotopic (exact) mass is 253 g/mol. The van der Waals surface area contributed by atoms with Gasteiger partial charge in [-0.15, -0.1) is 0 Å². The maximum absolute atomic E-state index is 13.7. The maximum atomic E-state index is 13.7. The van der Waals surface area contributed by atoms with Gasteiger partial charge >= 0.3 is 0 Å². The Balaban J connectivity index is 2.69. The van der Waals surface area contributed by atoms with Crippen LogP contribution in [0, 0.1) is 11.2 Å². The summed E-state index contributed by atoms with van der Waals surface area (Å²) >= 11 is 0. The fourth-order valence-electron chi connectivity index (χ4n) is 1.48. The summed E-state index contributed by atoms with van der Waals surface area (Å²) in [7, 11) is 0. The van der Waals surface area contributed by atoms with E-state index < -0.39 is 0 Å².